The minimum Gasteiger partial charge on any atom is -0.409 e. The molecule has 1 aliphatic rings. The van der Waals surface area contributed by atoms with Crippen LogP contribution in [0.4, 0.5) is 16.2 Å². The van der Waals surface area contributed by atoms with Crippen LogP contribution in [-0.2, 0) is 6.42 Å². The maximum atomic E-state index is 13.2. The van der Waals surface area contributed by atoms with Crippen molar-refractivity contribution in [2.45, 2.75) is 32.1 Å². The highest BCUT2D eigenvalue weighted by Crippen LogP contribution is 2.39. The van der Waals surface area contributed by atoms with Gasteiger partial charge in [0.05, 0.1) is 34.5 Å². The number of aromatic amines is 2. The number of nitrogens with two attached hydrogens (primary N) is 2. The molecule has 222 valence electrons. The van der Waals surface area contributed by atoms with Crippen LogP contribution >= 0.6 is 0 Å². The molecule has 6 rings (SSSR count). The molecule has 2 aromatic heterocycles. The highest BCUT2D eigenvalue weighted by molar-refractivity contribution is 5.92. The van der Waals surface area contributed by atoms with Gasteiger partial charge in [-0.1, -0.05) is 59.3 Å². The lowest BCUT2D eigenvalue weighted by atomic mass is 9.78. The minimum atomic E-state index is -0.621. The average Bonchev–Trinajstić information content (AvgIpc) is 3.44. The Balaban J connectivity index is 0.000000175. The van der Waals surface area contributed by atoms with Gasteiger partial charge in [0.25, 0.3) is 5.56 Å². The molecule has 3 unspecified atom stereocenters. The van der Waals surface area contributed by atoms with E-state index in [1.165, 1.54) is 17.7 Å². The number of nitrogens with zero attached hydrogens (tertiary/aromatic N) is 5. The van der Waals surface area contributed by atoms with Gasteiger partial charge in [-0.2, -0.15) is 10.2 Å². The van der Waals surface area contributed by atoms with E-state index in [0.29, 0.717) is 23.5 Å². The molecule has 3 atom stereocenters. The van der Waals surface area contributed by atoms with Crippen molar-refractivity contribution in [1.29, 1.82) is 5.26 Å². The van der Waals surface area contributed by atoms with Crippen molar-refractivity contribution < 1.29 is 9.60 Å². The van der Waals surface area contributed by atoms with Crippen LogP contribution in [0.3, 0.4) is 0 Å². The lowest BCUT2D eigenvalue weighted by Crippen LogP contribution is -2.30. The fourth-order valence-corrected chi connectivity index (χ4v) is 5.20. The standard InChI is InChI=1S/C17H18N4O.C15H12FN5O/c1-11-6-8-12(9-7-11)10-13(16(18)21-22)17-19-14-4-2-3-5-15(14)20-17;1-7-10(6-17)11(8-2-4-9(16)5-3-8)12-13(19-7)20-15(18)21-14(12)22/h2-9,13,22H,10H2,1H3,(H2,18,21)(H,19,20);2-5,10-11H,1H3,(H3,18,20,21,22). The first-order valence-electron chi connectivity index (χ1n) is 13.8. The van der Waals surface area contributed by atoms with Crippen molar-refractivity contribution in [3.63, 3.8) is 0 Å². The Morgan fingerprint density at radius 1 is 1.07 bits per heavy atom. The van der Waals surface area contributed by atoms with Crippen LogP contribution in [0, 0.1) is 30.0 Å². The number of imidazole rings is 1. The number of aliphatic imine (C=N–C) groups is 1. The summed E-state index contributed by atoms with van der Waals surface area (Å²) < 4.78 is 13.2. The van der Waals surface area contributed by atoms with Gasteiger partial charge in [-0.15, -0.1) is 0 Å². The van der Waals surface area contributed by atoms with Crippen LogP contribution in [0.2, 0.25) is 0 Å². The predicted octanol–water partition coefficient (Wildman–Crippen LogP) is 4.81. The van der Waals surface area contributed by atoms with E-state index in [9.17, 15) is 14.4 Å². The zero-order valence-electron chi connectivity index (χ0n) is 24.0. The Kier molecular flexibility index (Phi) is 8.48. The summed E-state index contributed by atoms with van der Waals surface area (Å²) in [6.07, 6.45) is 0.621. The number of para-hydroxylation sites is 2. The number of fused-ring (bicyclic) bond motifs is 2. The molecule has 0 fully saturated rings. The van der Waals surface area contributed by atoms with Gasteiger partial charge in [0, 0.05) is 11.6 Å². The smallest absolute Gasteiger partial charge is 0.258 e. The molecule has 0 amide bonds. The number of anilines is 1. The number of halogens is 1. The van der Waals surface area contributed by atoms with Gasteiger partial charge in [0.1, 0.15) is 17.5 Å². The molecule has 3 heterocycles. The number of aromatic nitrogens is 4. The van der Waals surface area contributed by atoms with E-state index in [-0.39, 0.29) is 34.9 Å². The molecule has 0 saturated heterocycles. The van der Waals surface area contributed by atoms with Gasteiger partial charge in [-0.05, 0) is 55.7 Å². The Morgan fingerprint density at radius 3 is 2.43 bits per heavy atom. The molecule has 1 aliphatic heterocycles. The van der Waals surface area contributed by atoms with E-state index in [0.717, 1.165) is 16.6 Å². The van der Waals surface area contributed by atoms with Gasteiger partial charge >= 0.3 is 0 Å². The molecule has 7 N–H and O–H groups in total. The van der Waals surface area contributed by atoms with Crippen molar-refractivity contribution in [2.75, 3.05) is 5.73 Å². The zero-order valence-corrected chi connectivity index (χ0v) is 24.0. The number of amidine groups is 1. The van der Waals surface area contributed by atoms with Gasteiger partial charge in [-0.25, -0.2) is 14.4 Å². The monoisotopic (exact) mass is 591 g/mol. The van der Waals surface area contributed by atoms with E-state index >= 15 is 0 Å². The van der Waals surface area contributed by atoms with Crippen LogP contribution < -0.4 is 17.0 Å². The second kappa shape index (κ2) is 12.6. The molecule has 0 aliphatic carbocycles. The molecular weight excluding hydrogens is 561 g/mol. The molecule has 11 nitrogen and oxygen atoms in total. The maximum absolute atomic E-state index is 13.2. The second-order valence-electron chi connectivity index (χ2n) is 10.5. The van der Waals surface area contributed by atoms with Gasteiger partial charge in [0.15, 0.2) is 5.82 Å². The number of nitrogen functional groups attached to an aromatic ring is 1. The summed E-state index contributed by atoms with van der Waals surface area (Å²) in [5, 5.41) is 21.7. The van der Waals surface area contributed by atoms with E-state index < -0.39 is 17.4 Å². The summed E-state index contributed by atoms with van der Waals surface area (Å²) in [4.78, 5) is 30.8. The number of rotatable bonds is 5. The fraction of sp³-hybridized carbons (Fsp3) is 0.188. The highest BCUT2D eigenvalue weighted by atomic mass is 19.1. The third-order valence-corrected chi connectivity index (χ3v) is 7.47. The summed E-state index contributed by atoms with van der Waals surface area (Å²) in [6, 6.07) is 23.9. The SMILES string of the molecule is CC1=Nc2nc(N)[nH]c(=O)c2C(c2ccc(F)cc2)C1C#N.Cc1ccc(CC(/C(N)=N/O)c2nc3ccccc3[nH]2)cc1. The van der Waals surface area contributed by atoms with Crippen LogP contribution in [0.1, 0.15) is 46.8 Å². The first-order chi connectivity index (χ1) is 21.2. The largest absolute Gasteiger partial charge is 0.409 e. The Bertz CT molecular complexity index is 1920. The molecule has 0 bridgehead atoms. The quantitative estimate of drug-likeness (QED) is 0.0836. The molecule has 0 radical (unpaired) electrons. The number of H-pyrrole nitrogens is 2. The van der Waals surface area contributed by atoms with Gasteiger partial charge < -0.3 is 21.7 Å². The summed E-state index contributed by atoms with van der Waals surface area (Å²) in [6.45, 7) is 3.75. The zero-order chi connectivity index (χ0) is 31.4. The molecule has 0 spiro atoms. The van der Waals surface area contributed by atoms with Crippen LogP contribution in [0.15, 0.2) is 87.7 Å². The van der Waals surface area contributed by atoms with Gasteiger partial charge in [0.2, 0.25) is 5.95 Å². The van der Waals surface area contributed by atoms with E-state index in [1.54, 1.807) is 19.1 Å². The number of hydrogen-bond donors (Lipinski definition) is 5. The van der Waals surface area contributed by atoms with Crippen LogP contribution in [0.5, 0.6) is 0 Å². The summed E-state index contributed by atoms with van der Waals surface area (Å²) in [5.74, 6) is -0.826. The van der Waals surface area contributed by atoms with Crippen molar-refractivity contribution in [3.05, 3.63) is 117 Å². The fourth-order valence-electron chi connectivity index (χ4n) is 5.20. The number of aryl methyl sites for hydroxylation is 1. The van der Waals surface area contributed by atoms with Crippen molar-refractivity contribution in [1.82, 2.24) is 19.9 Å². The topological polar surface area (TPSA) is 195 Å². The molecule has 12 heteroatoms. The lowest BCUT2D eigenvalue weighted by Gasteiger charge is -2.26. The van der Waals surface area contributed by atoms with E-state index in [4.69, 9.17) is 16.7 Å². The Morgan fingerprint density at radius 2 is 1.77 bits per heavy atom. The minimum absolute atomic E-state index is 0.0337. The van der Waals surface area contributed by atoms with Crippen molar-refractivity contribution in [2.24, 2.45) is 21.8 Å². The lowest BCUT2D eigenvalue weighted by molar-refractivity contribution is 0.315. The van der Waals surface area contributed by atoms with Crippen molar-refractivity contribution in [3.8, 4) is 6.07 Å². The highest BCUT2D eigenvalue weighted by Gasteiger charge is 2.36. The van der Waals surface area contributed by atoms with E-state index in [1.807, 2.05) is 31.2 Å². The van der Waals surface area contributed by atoms with Gasteiger partial charge in [-0.3, -0.25) is 9.78 Å². The number of oxime groups is 1. The number of nitriles is 1. The second-order valence-corrected chi connectivity index (χ2v) is 10.5. The first kappa shape index (κ1) is 29.7. The molecule has 3 aromatic carbocycles. The predicted molar refractivity (Wildman–Crippen MR) is 167 cm³/mol. The summed E-state index contributed by atoms with van der Waals surface area (Å²) in [7, 11) is 0. The average molecular weight is 592 g/mol. The molecule has 44 heavy (non-hydrogen) atoms. The van der Waals surface area contributed by atoms with E-state index in [2.05, 4.69) is 60.4 Å². The third kappa shape index (κ3) is 6.17. The summed E-state index contributed by atoms with van der Waals surface area (Å²) in [5.41, 5.74) is 16.6. The van der Waals surface area contributed by atoms with Crippen LogP contribution in [0.25, 0.3) is 11.0 Å². The number of benzene rings is 3. The van der Waals surface area contributed by atoms with Crippen molar-refractivity contribution >= 4 is 34.3 Å². The number of hydrogen-bond acceptors (Lipinski definition) is 8. The first-order valence-corrected chi connectivity index (χ1v) is 13.8. The Labute approximate surface area is 251 Å². The third-order valence-electron chi connectivity index (χ3n) is 7.47. The maximum Gasteiger partial charge on any atom is 0.258 e. The Hall–Kier alpha value is -5.83. The normalized spacial score (nSPS) is 16.7. The number of nitrogens with one attached hydrogen (secondary N) is 2. The molecular formula is C32H30FN9O2. The summed E-state index contributed by atoms with van der Waals surface area (Å²) >= 11 is 0. The molecule has 5 aromatic rings. The molecule has 0 saturated carbocycles. The van der Waals surface area contributed by atoms with Crippen LogP contribution in [-0.4, -0.2) is 36.7 Å².